The predicted octanol–water partition coefficient (Wildman–Crippen LogP) is 11.8. The maximum absolute atomic E-state index is 5.25. The van der Waals surface area contributed by atoms with Crippen LogP contribution in [0.3, 0.4) is 0 Å². The molecule has 3 aromatic carbocycles. The van der Waals surface area contributed by atoms with Crippen molar-refractivity contribution in [2.24, 2.45) is 0 Å². The fraction of sp³-hybridized carbons (Fsp3) is 0.213. The Morgan fingerprint density at radius 2 is 1.60 bits per heavy atom. The third-order valence-electron chi connectivity index (χ3n) is 11.5. The van der Waals surface area contributed by atoms with Gasteiger partial charge in [0.15, 0.2) is 0 Å². The Labute approximate surface area is 295 Å². The van der Waals surface area contributed by atoms with E-state index >= 15 is 0 Å². The van der Waals surface area contributed by atoms with E-state index in [4.69, 9.17) is 4.98 Å². The molecule has 3 nitrogen and oxygen atoms in total. The molecule has 5 aromatic rings. The maximum atomic E-state index is 5.25. The van der Waals surface area contributed by atoms with Gasteiger partial charge in [-0.1, -0.05) is 109 Å². The first kappa shape index (κ1) is 29.5. The van der Waals surface area contributed by atoms with E-state index in [1.165, 1.54) is 62.3 Å². The first-order valence-electron chi connectivity index (χ1n) is 18.5. The van der Waals surface area contributed by atoms with E-state index in [1.807, 2.05) is 0 Å². The van der Waals surface area contributed by atoms with Crippen LogP contribution in [-0.4, -0.2) is 15.6 Å². The average molecular weight is 648 g/mol. The van der Waals surface area contributed by atoms with Crippen LogP contribution in [-0.2, 0) is 6.42 Å². The summed E-state index contributed by atoms with van der Waals surface area (Å²) in [5.41, 5.74) is 15.4. The molecule has 244 valence electrons. The highest BCUT2D eigenvalue weighted by Crippen LogP contribution is 2.49. The van der Waals surface area contributed by atoms with Crippen LogP contribution in [0.1, 0.15) is 72.9 Å². The Morgan fingerprint density at radius 1 is 0.700 bits per heavy atom. The fourth-order valence-corrected chi connectivity index (χ4v) is 9.08. The summed E-state index contributed by atoms with van der Waals surface area (Å²) in [5, 5.41) is 1.32. The Kier molecular flexibility index (Phi) is 7.18. The van der Waals surface area contributed by atoms with Crippen LogP contribution in [0.4, 0.5) is 5.69 Å². The minimum Gasteiger partial charge on any atom is -0.341 e. The molecule has 3 heteroatoms. The molecule has 0 saturated carbocycles. The molecule has 0 saturated heterocycles. The number of anilines is 1. The van der Waals surface area contributed by atoms with E-state index < -0.39 is 0 Å². The van der Waals surface area contributed by atoms with Crippen molar-refractivity contribution >= 4 is 22.7 Å². The van der Waals surface area contributed by atoms with Crippen molar-refractivity contribution in [3.63, 3.8) is 0 Å². The average Bonchev–Trinajstić information content (AvgIpc) is 3.71. The molecule has 3 atom stereocenters. The molecule has 0 bridgehead atoms. The molecular formula is C47H41N3. The number of rotatable bonds is 5. The van der Waals surface area contributed by atoms with Gasteiger partial charge in [0.05, 0.1) is 16.9 Å². The van der Waals surface area contributed by atoms with E-state index in [-0.39, 0.29) is 5.92 Å². The van der Waals surface area contributed by atoms with Gasteiger partial charge in [0.2, 0.25) is 0 Å². The second-order valence-corrected chi connectivity index (χ2v) is 14.4. The molecule has 5 aliphatic rings. The minimum atomic E-state index is 0.269. The molecule has 0 radical (unpaired) electrons. The quantitative estimate of drug-likeness (QED) is 0.177. The zero-order valence-electron chi connectivity index (χ0n) is 28.4. The standard InChI is InChI=1S/C47H41N3/c1-4-14-32(15-5-1)42-30-37(31-43(48-42)33-16-6-2-7-17-33)50-45-23-13-11-21-39(45)41-28-34(25-27-46(41)50)35-24-26-40-38-20-10-12-22-44(38)49(47(40)29-35)36-18-8-3-9-19-36/h1-8,10-11,14-16,18,20-21,24-31,33,38,44H,9,12-13,17,19,22-23H2. The second-order valence-electron chi connectivity index (χ2n) is 14.4. The number of hydrogen-bond donors (Lipinski definition) is 0. The zero-order chi connectivity index (χ0) is 33.0. The number of benzene rings is 3. The fourth-order valence-electron chi connectivity index (χ4n) is 9.08. The molecule has 10 rings (SSSR count). The molecule has 3 unspecified atom stereocenters. The number of hydrogen-bond acceptors (Lipinski definition) is 2. The molecule has 4 aliphatic carbocycles. The highest BCUT2D eigenvalue weighted by molar-refractivity contribution is 5.96. The van der Waals surface area contributed by atoms with E-state index in [9.17, 15) is 0 Å². The number of aromatic nitrogens is 2. The van der Waals surface area contributed by atoms with Gasteiger partial charge in [-0.15, -0.1) is 0 Å². The van der Waals surface area contributed by atoms with E-state index in [1.54, 1.807) is 0 Å². The molecule has 2 aromatic heterocycles. The molecule has 0 amide bonds. The zero-order valence-corrected chi connectivity index (χ0v) is 28.4. The van der Waals surface area contributed by atoms with Gasteiger partial charge >= 0.3 is 0 Å². The van der Waals surface area contributed by atoms with Gasteiger partial charge < -0.3 is 9.47 Å². The normalized spacial score (nSPS) is 21.7. The number of fused-ring (bicyclic) bond motifs is 6. The first-order chi connectivity index (χ1) is 24.8. The van der Waals surface area contributed by atoms with Crippen LogP contribution in [0, 0.1) is 0 Å². The molecule has 1 aliphatic heterocycles. The third kappa shape index (κ3) is 4.90. The highest BCUT2D eigenvalue weighted by Gasteiger charge is 2.39. The van der Waals surface area contributed by atoms with E-state index in [0.717, 1.165) is 55.5 Å². The van der Waals surface area contributed by atoms with Crippen molar-refractivity contribution in [1.29, 1.82) is 0 Å². The van der Waals surface area contributed by atoms with Gasteiger partial charge in [-0.25, -0.2) is 0 Å². The van der Waals surface area contributed by atoms with Gasteiger partial charge in [0, 0.05) is 57.2 Å². The third-order valence-corrected chi connectivity index (χ3v) is 11.5. The minimum absolute atomic E-state index is 0.269. The molecule has 0 spiro atoms. The summed E-state index contributed by atoms with van der Waals surface area (Å²) in [5.74, 6) is 0.741. The van der Waals surface area contributed by atoms with Crippen LogP contribution in [0.2, 0.25) is 0 Å². The van der Waals surface area contributed by atoms with E-state index in [2.05, 4.69) is 155 Å². The lowest BCUT2D eigenvalue weighted by molar-refractivity contribution is 0.546. The van der Waals surface area contributed by atoms with Crippen molar-refractivity contribution in [1.82, 2.24) is 9.55 Å². The van der Waals surface area contributed by atoms with Crippen LogP contribution >= 0.6 is 0 Å². The molecule has 0 fully saturated rings. The Morgan fingerprint density at radius 3 is 2.48 bits per heavy atom. The monoisotopic (exact) mass is 647 g/mol. The van der Waals surface area contributed by atoms with Crippen molar-refractivity contribution in [2.75, 3.05) is 4.90 Å². The van der Waals surface area contributed by atoms with Crippen LogP contribution < -0.4 is 4.90 Å². The summed E-state index contributed by atoms with van der Waals surface area (Å²) in [4.78, 5) is 7.94. The predicted molar refractivity (Wildman–Crippen MR) is 209 cm³/mol. The Hall–Kier alpha value is -5.41. The van der Waals surface area contributed by atoms with Crippen LogP contribution in [0.5, 0.6) is 0 Å². The number of allylic oxidation sites excluding steroid dienone is 10. The molecule has 3 heterocycles. The van der Waals surface area contributed by atoms with Crippen molar-refractivity contribution in [2.45, 2.75) is 62.8 Å². The summed E-state index contributed by atoms with van der Waals surface area (Å²) < 4.78 is 2.53. The number of pyridine rings is 1. The summed E-state index contributed by atoms with van der Waals surface area (Å²) in [6, 6.07) is 30.2. The van der Waals surface area contributed by atoms with Crippen LogP contribution in [0.25, 0.3) is 45.1 Å². The van der Waals surface area contributed by atoms with Gasteiger partial charge in [-0.2, -0.15) is 0 Å². The Balaban J connectivity index is 1.11. The SMILES string of the molecule is C1=CCCC(N2c3cc(-c4ccc5c(c4)c4c(n5-c5cc(-c6ccccc6)nc(C6C=CC=CC6)c5)CCC=C4)ccc3C3C=CCCC32)=C1. The summed E-state index contributed by atoms with van der Waals surface area (Å²) in [6.45, 7) is 0. The first-order valence-corrected chi connectivity index (χ1v) is 18.5. The molecule has 50 heavy (non-hydrogen) atoms. The summed E-state index contributed by atoms with van der Waals surface area (Å²) >= 11 is 0. The largest absolute Gasteiger partial charge is 0.341 e. The van der Waals surface area contributed by atoms with Gasteiger partial charge in [-0.05, 0) is 98.0 Å². The number of nitrogens with zero attached hydrogens (tertiary/aromatic N) is 3. The summed E-state index contributed by atoms with van der Waals surface area (Å²) in [7, 11) is 0. The molecular weight excluding hydrogens is 607 g/mol. The topological polar surface area (TPSA) is 21.1 Å². The van der Waals surface area contributed by atoms with Gasteiger partial charge in [0.1, 0.15) is 0 Å². The van der Waals surface area contributed by atoms with Crippen molar-refractivity contribution < 1.29 is 0 Å². The van der Waals surface area contributed by atoms with Gasteiger partial charge in [0.25, 0.3) is 0 Å². The lowest BCUT2D eigenvalue weighted by Gasteiger charge is -2.34. The Bertz CT molecular complexity index is 2330. The van der Waals surface area contributed by atoms with Crippen molar-refractivity contribution in [3.05, 3.63) is 168 Å². The lowest BCUT2D eigenvalue weighted by Crippen LogP contribution is -2.34. The maximum Gasteiger partial charge on any atom is 0.0726 e. The summed E-state index contributed by atoms with van der Waals surface area (Å²) in [6.07, 6.45) is 33.0. The smallest absolute Gasteiger partial charge is 0.0726 e. The highest BCUT2D eigenvalue weighted by atomic mass is 15.2. The van der Waals surface area contributed by atoms with E-state index in [0.29, 0.717) is 12.0 Å². The van der Waals surface area contributed by atoms with Gasteiger partial charge in [-0.3, -0.25) is 4.98 Å². The van der Waals surface area contributed by atoms with Crippen LogP contribution in [0.15, 0.2) is 145 Å². The lowest BCUT2D eigenvalue weighted by atomic mass is 9.87. The molecule has 0 N–H and O–H groups in total. The van der Waals surface area contributed by atoms with Crippen molar-refractivity contribution in [3.8, 4) is 28.1 Å². The second kappa shape index (κ2) is 12.2.